The van der Waals surface area contributed by atoms with Crippen molar-refractivity contribution < 1.29 is 28.2 Å². The SMILES string of the molecule is CCC(=O)C[C@@H](O[Si](C)(C)C(C)(C)C)[C@H](C)[C@H]1OC(C)(C)O[C@@H]([C@H](C)[C@@H](/C=C/c2ccccc2)OCc2ccc(OC)cc2)[C@@H]1C. The molecule has 0 bridgehead atoms. The smallest absolute Gasteiger partial charge is 0.192 e. The van der Waals surface area contributed by atoms with Crippen molar-refractivity contribution in [3.05, 3.63) is 71.8 Å². The van der Waals surface area contributed by atoms with E-state index in [9.17, 15) is 4.79 Å². The summed E-state index contributed by atoms with van der Waals surface area (Å²) in [6.45, 7) is 24.2. The van der Waals surface area contributed by atoms with Crippen molar-refractivity contribution in [2.75, 3.05) is 7.11 Å². The van der Waals surface area contributed by atoms with Crippen LogP contribution in [-0.4, -0.2) is 51.4 Å². The first-order valence-corrected chi connectivity index (χ1v) is 19.9. The van der Waals surface area contributed by atoms with Crippen LogP contribution >= 0.6 is 0 Å². The first-order chi connectivity index (χ1) is 21.5. The number of hydrogen-bond donors (Lipinski definition) is 0. The second kappa shape index (κ2) is 16.2. The molecule has 256 valence electrons. The van der Waals surface area contributed by atoms with Crippen LogP contribution in [0.15, 0.2) is 60.7 Å². The van der Waals surface area contributed by atoms with Crippen LogP contribution in [0.5, 0.6) is 5.75 Å². The fourth-order valence-corrected chi connectivity index (χ4v) is 7.39. The second-order valence-electron chi connectivity index (χ2n) is 15.0. The number of rotatable bonds is 15. The summed E-state index contributed by atoms with van der Waals surface area (Å²) >= 11 is 0. The van der Waals surface area contributed by atoms with Gasteiger partial charge in [0.05, 0.1) is 38.1 Å². The number of Topliss-reactive ketones (excluding diaryl/α,β-unsaturated/α-hetero) is 1. The molecule has 0 amide bonds. The fourth-order valence-electron chi connectivity index (χ4n) is 5.98. The Morgan fingerprint density at radius 2 is 1.57 bits per heavy atom. The van der Waals surface area contributed by atoms with Gasteiger partial charge in [-0.05, 0) is 55.2 Å². The molecule has 1 saturated heterocycles. The molecule has 7 atom stereocenters. The predicted octanol–water partition coefficient (Wildman–Crippen LogP) is 9.48. The Morgan fingerprint density at radius 3 is 2.11 bits per heavy atom. The van der Waals surface area contributed by atoms with Gasteiger partial charge in [-0.2, -0.15) is 0 Å². The number of methoxy groups -OCH3 is 1. The van der Waals surface area contributed by atoms with Gasteiger partial charge >= 0.3 is 0 Å². The van der Waals surface area contributed by atoms with E-state index < -0.39 is 14.1 Å². The van der Waals surface area contributed by atoms with Gasteiger partial charge in [-0.3, -0.25) is 4.79 Å². The highest BCUT2D eigenvalue weighted by molar-refractivity contribution is 6.74. The number of hydrogen-bond acceptors (Lipinski definition) is 6. The molecule has 1 fully saturated rings. The Kier molecular flexibility index (Phi) is 13.4. The van der Waals surface area contributed by atoms with Gasteiger partial charge in [-0.15, -0.1) is 0 Å². The van der Waals surface area contributed by atoms with Crippen molar-refractivity contribution in [1.29, 1.82) is 0 Å². The predicted molar refractivity (Wildman–Crippen MR) is 190 cm³/mol. The number of carbonyl (C=O) groups excluding carboxylic acids is 1. The molecular weight excluding hydrogens is 593 g/mol. The Hall–Kier alpha value is -2.29. The first kappa shape index (κ1) is 38.2. The Morgan fingerprint density at radius 1 is 0.978 bits per heavy atom. The van der Waals surface area contributed by atoms with E-state index in [1.807, 2.05) is 63.2 Å². The van der Waals surface area contributed by atoms with Crippen LogP contribution in [0.1, 0.15) is 86.3 Å². The average Bonchev–Trinajstić information content (AvgIpc) is 3.01. The summed E-state index contributed by atoms with van der Waals surface area (Å²) < 4.78 is 32.4. The van der Waals surface area contributed by atoms with E-state index in [1.165, 1.54) is 0 Å². The largest absolute Gasteiger partial charge is 0.497 e. The van der Waals surface area contributed by atoms with Gasteiger partial charge in [-0.25, -0.2) is 0 Å². The molecule has 0 spiro atoms. The molecule has 0 saturated carbocycles. The highest BCUT2D eigenvalue weighted by atomic mass is 28.4. The van der Waals surface area contributed by atoms with Gasteiger partial charge in [0, 0.05) is 30.6 Å². The molecule has 7 heteroatoms. The molecule has 1 heterocycles. The summed E-state index contributed by atoms with van der Waals surface area (Å²) in [7, 11) is -0.484. The Bertz CT molecular complexity index is 1250. The van der Waals surface area contributed by atoms with Gasteiger partial charge < -0.3 is 23.4 Å². The lowest BCUT2D eigenvalue weighted by Gasteiger charge is -2.51. The zero-order valence-corrected chi connectivity index (χ0v) is 31.5. The second-order valence-corrected chi connectivity index (χ2v) is 19.8. The molecule has 2 aromatic rings. The minimum atomic E-state index is -2.16. The lowest BCUT2D eigenvalue weighted by molar-refractivity contribution is -0.340. The van der Waals surface area contributed by atoms with Crippen LogP contribution in [-0.2, 0) is 30.0 Å². The summed E-state index contributed by atoms with van der Waals surface area (Å²) in [6.07, 6.45) is 4.40. The van der Waals surface area contributed by atoms with Crippen LogP contribution in [0.3, 0.4) is 0 Å². The maximum absolute atomic E-state index is 12.9. The summed E-state index contributed by atoms with van der Waals surface area (Å²) in [5, 5.41) is 0.0260. The van der Waals surface area contributed by atoms with Gasteiger partial charge in [0.1, 0.15) is 11.5 Å². The molecule has 0 unspecified atom stereocenters. The third-order valence-corrected chi connectivity index (χ3v) is 14.5. The lowest BCUT2D eigenvalue weighted by atomic mass is 9.78. The van der Waals surface area contributed by atoms with E-state index in [4.69, 9.17) is 23.4 Å². The zero-order valence-electron chi connectivity index (χ0n) is 30.5. The Labute approximate surface area is 280 Å². The van der Waals surface area contributed by atoms with E-state index >= 15 is 0 Å². The first-order valence-electron chi connectivity index (χ1n) is 17.0. The molecule has 46 heavy (non-hydrogen) atoms. The molecule has 0 N–H and O–H groups in total. The molecule has 1 aliphatic heterocycles. The fraction of sp³-hybridized carbons (Fsp3) is 0.615. The normalized spacial score (nSPS) is 23.1. The van der Waals surface area contributed by atoms with Crippen LogP contribution in [0.25, 0.3) is 6.08 Å². The molecule has 3 rings (SSSR count). The van der Waals surface area contributed by atoms with Crippen molar-refractivity contribution in [2.24, 2.45) is 17.8 Å². The van der Waals surface area contributed by atoms with Crippen molar-refractivity contribution in [2.45, 2.75) is 130 Å². The van der Waals surface area contributed by atoms with Crippen molar-refractivity contribution in [3.8, 4) is 5.75 Å². The minimum Gasteiger partial charge on any atom is -0.497 e. The molecule has 0 radical (unpaired) electrons. The number of benzene rings is 2. The van der Waals surface area contributed by atoms with E-state index in [0.29, 0.717) is 19.4 Å². The summed E-state index contributed by atoms with van der Waals surface area (Å²) in [4.78, 5) is 12.9. The molecule has 1 aliphatic rings. The quantitative estimate of drug-likeness (QED) is 0.179. The number of ether oxygens (including phenoxy) is 4. The minimum absolute atomic E-state index is 0.00289. The van der Waals surface area contributed by atoms with E-state index in [-0.39, 0.29) is 53.0 Å². The maximum atomic E-state index is 12.9. The van der Waals surface area contributed by atoms with E-state index in [1.54, 1.807) is 7.11 Å². The van der Waals surface area contributed by atoms with E-state index in [2.05, 4.69) is 78.9 Å². The summed E-state index contributed by atoms with van der Waals surface area (Å²) in [6, 6.07) is 18.3. The average molecular weight is 653 g/mol. The number of ketones is 1. The molecule has 0 aliphatic carbocycles. The molecular formula is C39H60O6Si. The van der Waals surface area contributed by atoms with Crippen LogP contribution in [0.4, 0.5) is 0 Å². The highest BCUT2D eigenvalue weighted by Gasteiger charge is 2.49. The van der Waals surface area contributed by atoms with Crippen LogP contribution < -0.4 is 4.74 Å². The molecule has 2 aromatic carbocycles. The lowest BCUT2D eigenvalue weighted by Crippen LogP contribution is -2.58. The maximum Gasteiger partial charge on any atom is 0.192 e. The van der Waals surface area contributed by atoms with E-state index in [0.717, 1.165) is 16.9 Å². The van der Waals surface area contributed by atoms with Crippen LogP contribution in [0, 0.1) is 17.8 Å². The topological polar surface area (TPSA) is 63.2 Å². The summed E-state index contributed by atoms with van der Waals surface area (Å²) in [5.74, 6) is 0.236. The number of carbonyl (C=O) groups is 1. The van der Waals surface area contributed by atoms with Crippen molar-refractivity contribution in [1.82, 2.24) is 0 Å². The Balaban J connectivity index is 1.92. The third-order valence-electron chi connectivity index (χ3n) is 9.97. The van der Waals surface area contributed by atoms with Gasteiger partial charge in [0.25, 0.3) is 0 Å². The van der Waals surface area contributed by atoms with Gasteiger partial charge in [-0.1, -0.05) is 103 Å². The van der Waals surface area contributed by atoms with Gasteiger partial charge in [0.2, 0.25) is 0 Å². The monoisotopic (exact) mass is 652 g/mol. The van der Waals surface area contributed by atoms with Crippen molar-refractivity contribution in [3.63, 3.8) is 0 Å². The van der Waals surface area contributed by atoms with Crippen molar-refractivity contribution >= 4 is 20.2 Å². The highest BCUT2D eigenvalue weighted by Crippen LogP contribution is 2.43. The van der Waals surface area contributed by atoms with Gasteiger partial charge in [0.15, 0.2) is 14.1 Å². The van der Waals surface area contributed by atoms with Crippen LogP contribution in [0.2, 0.25) is 18.1 Å². The standard InChI is InChI=1S/C39H60O6Si/c1-13-32(40)25-35(45-46(11,12)38(5,6)7)28(3)37-29(4)36(43-39(8,9)44-37)27(2)34(24-21-30-17-15-14-16-18-30)42-26-31-19-22-33(41-10)23-20-31/h14-24,27-29,34-37H,13,25-26H2,1-12H3/b24-21+/t27-,28+,29+,34-,35-,36+,37-/m1/s1. The zero-order chi connectivity index (χ0) is 34.3. The summed E-state index contributed by atoms with van der Waals surface area (Å²) in [5.41, 5.74) is 2.19. The molecule has 6 nitrogen and oxygen atoms in total. The third kappa shape index (κ3) is 10.4. The molecule has 0 aromatic heterocycles.